The molecule has 0 spiro atoms. The minimum Gasteiger partial charge on any atom is -0.300 e. The summed E-state index contributed by atoms with van der Waals surface area (Å²) in [5.41, 5.74) is 5.84. The molecular weight excluding hydrogens is 396 g/mol. The van der Waals surface area contributed by atoms with Gasteiger partial charge in [0, 0.05) is 17.9 Å². The molecule has 3 unspecified atom stereocenters. The summed E-state index contributed by atoms with van der Waals surface area (Å²) in [4.78, 5) is 37.5. The molecule has 1 aromatic carbocycles. The van der Waals surface area contributed by atoms with E-state index < -0.39 is 0 Å². The molecule has 0 radical (unpaired) electrons. The van der Waals surface area contributed by atoms with Gasteiger partial charge in [-0.2, -0.15) is 0 Å². The fraction of sp³-hybridized carbons (Fsp3) is 0.690. The van der Waals surface area contributed by atoms with Gasteiger partial charge < -0.3 is 0 Å². The Bertz CT molecular complexity index is 803. The third kappa shape index (κ3) is 6.86. The van der Waals surface area contributed by atoms with Crippen molar-refractivity contribution < 1.29 is 14.4 Å². The molecule has 0 N–H and O–H groups in total. The fourth-order valence-corrected chi connectivity index (χ4v) is 5.48. The lowest BCUT2D eigenvalue weighted by Gasteiger charge is -2.33. The van der Waals surface area contributed by atoms with Crippen molar-refractivity contribution >= 4 is 17.3 Å². The van der Waals surface area contributed by atoms with Crippen molar-refractivity contribution in [1.82, 2.24) is 0 Å². The van der Waals surface area contributed by atoms with Gasteiger partial charge in [-0.1, -0.05) is 60.5 Å². The maximum atomic E-state index is 13.2. The summed E-state index contributed by atoms with van der Waals surface area (Å²) in [6.07, 6.45) is 5.20. The first-order valence-corrected chi connectivity index (χ1v) is 12.8. The first kappa shape index (κ1) is 28.3. The highest BCUT2D eigenvalue weighted by molar-refractivity contribution is 6.01. The van der Waals surface area contributed by atoms with Crippen LogP contribution in [0, 0.1) is 31.6 Å². The summed E-state index contributed by atoms with van der Waals surface area (Å²) in [5.74, 6) is 1.14. The van der Waals surface area contributed by atoms with Gasteiger partial charge in [-0.15, -0.1) is 0 Å². The van der Waals surface area contributed by atoms with Crippen LogP contribution >= 0.6 is 0 Å². The van der Waals surface area contributed by atoms with Gasteiger partial charge in [0.15, 0.2) is 5.78 Å². The summed E-state index contributed by atoms with van der Waals surface area (Å²) in [6.45, 7) is 18.3. The number of benzene rings is 1. The number of hydrogen-bond donors (Lipinski definition) is 0. The van der Waals surface area contributed by atoms with E-state index in [4.69, 9.17) is 0 Å². The second-order valence-corrected chi connectivity index (χ2v) is 9.76. The summed E-state index contributed by atoms with van der Waals surface area (Å²) >= 11 is 0. The Balaban J connectivity index is 0.00000249. The standard InChI is InChI=1S/C27H40O3.C2H6/c1-8-10-21(22(9-2)25(29)12-18(6)28)13-20-14-24-23(16(3)4)11-17(5)19(7)27(24)26(30)15-20;1-2/h11,16,20-22H,8-10,12-15H2,1-7H3;1-2H3. The normalized spacial score (nSPS) is 17.3. The van der Waals surface area contributed by atoms with Gasteiger partial charge in [0.1, 0.15) is 11.6 Å². The van der Waals surface area contributed by atoms with Gasteiger partial charge in [-0.3, -0.25) is 14.4 Å². The molecule has 32 heavy (non-hydrogen) atoms. The predicted octanol–water partition coefficient (Wildman–Crippen LogP) is 7.58. The Labute approximate surface area is 196 Å². The number of Topliss-reactive ketones (excluding diaryl/α,β-unsaturated/α-hetero) is 3. The van der Waals surface area contributed by atoms with E-state index in [0.717, 1.165) is 43.2 Å². The van der Waals surface area contributed by atoms with Crippen LogP contribution < -0.4 is 0 Å². The van der Waals surface area contributed by atoms with Crippen molar-refractivity contribution in [2.75, 3.05) is 0 Å². The quantitative estimate of drug-likeness (QED) is 0.351. The minimum atomic E-state index is -0.0744. The molecular formula is C29H46O3. The number of carbonyl (C=O) groups is 3. The molecule has 2 rings (SSSR count). The van der Waals surface area contributed by atoms with E-state index in [1.54, 1.807) is 0 Å². The van der Waals surface area contributed by atoms with E-state index in [2.05, 4.69) is 47.6 Å². The van der Waals surface area contributed by atoms with Gasteiger partial charge in [0.25, 0.3) is 0 Å². The van der Waals surface area contributed by atoms with E-state index in [9.17, 15) is 14.4 Å². The zero-order chi connectivity index (χ0) is 24.6. The number of rotatable bonds is 10. The lowest BCUT2D eigenvalue weighted by molar-refractivity contribution is -0.129. The van der Waals surface area contributed by atoms with Gasteiger partial charge in [0.05, 0.1) is 6.42 Å². The van der Waals surface area contributed by atoms with E-state index >= 15 is 0 Å². The van der Waals surface area contributed by atoms with Crippen molar-refractivity contribution in [2.45, 2.75) is 113 Å². The molecule has 3 heteroatoms. The molecule has 0 aliphatic heterocycles. The smallest absolute Gasteiger partial charge is 0.163 e. The minimum absolute atomic E-state index is 0.0428. The van der Waals surface area contributed by atoms with E-state index in [1.807, 2.05) is 13.8 Å². The molecule has 0 bridgehead atoms. The average molecular weight is 443 g/mol. The van der Waals surface area contributed by atoms with Crippen LogP contribution in [0.4, 0.5) is 0 Å². The fourth-order valence-electron chi connectivity index (χ4n) is 5.48. The Morgan fingerprint density at radius 3 is 2.22 bits per heavy atom. The zero-order valence-electron chi connectivity index (χ0n) is 22.1. The maximum Gasteiger partial charge on any atom is 0.163 e. The first-order chi connectivity index (χ1) is 15.1. The molecule has 1 aliphatic rings. The number of carbonyl (C=O) groups excluding carboxylic acids is 3. The second-order valence-electron chi connectivity index (χ2n) is 9.76. The van der Waals surface area contributed by atoms with Gasteiger partial charge in [-0.05, 0) is 80.0 Å². The average Bonchev–Trinajstić information content (AvgIpc) is 2.71. The van der Waals surface area contributed by atoms with Crippen molar-refractivity contribution in [3.8, 4) is 0 Å². The van der Waals surface area contributed by atoms with E-state index in [0.29, 0.717) is 12.3 Å². The monoisotopic (exact) mass is 442 g/mol. The number of aryl methyl sites for hydroxylation is 1. The highest BCUT2D eigenvalue weighted by Gasteiger charge is 2.34. The molecule has 0 amide bonds. The summed E-state index contributed by atoms with van der Waals surface area (Å²) in [7, 11) is 0. The van der Waals surface area contributed by atoms with Crippen LogP contribution in [0.2, 0.25) is 0 Å². The highest BCUT2D eigenvalue weighted by atomic mass is 16.1. The topological polar surface area (TPSA) is 51.2 Å². The van der Waals surface area contributed by atoms with Crippen molar-refractivity contribution in [3.05, 3.63) is 33.9 Å². The zero-order valence-corrected chi connectivity index (χ0v) is 22.1. The van der Waals surface area contributed by atoms with Crippen LogP contribution in [0.15, 0.2) is 6.07 Å². The van der Waals surface area contributed by atoms with Crippen LogP contribution in [0.1, 0.15) is 126 Å². The molecule has 0 saturated carbocycles. The number of ketones is 3. The summed E-state index contributed by atoms with van der Waals surface area (Å²) < 4.78 is 0. The molecule has 0 saturated heterocycles. The van der Waals surface area contributed by atoms with Crippen LogP contribution in [0.5, 0.6) is 0 Å². The molecule has 3 nitrogen and oxygen atoms in total. The molecule has 1 aliphatic carbocycles. The Kier molecular flexibility index (Phi) is 11.5. The third-order valence-corrected chi connectivity index (χ3v) is 7.00. The lowest BCUT2D eigenvalue weighted by Crippen LogP contribution is -2.30. The van der Waals surface area contributed by atoms with Gasteiger partial charge in [0.2, 0.25) is 0 Å². The summed E-state index contributed by atoms with van der Waals surface area (Å²) in [6, 6.07) is 2.27. The second kappa shape index (κ2) is 13.1. The van der Waals surface area contributed by atoms with Crippen LogP contribution in [0.3, 0.4) is 0 Å². The van der Waals surface area contributed by atoms with Crippen molar-refractivity contribution in [3.63, 3.8) is 0 Å². The molecule has 0 fully saturated rings. The van der Waals surface area contributed by atoms with Crippen LogP contribution in [-0.4, -0.2) is 17.3 Å². The molecule has 0 heterocycles. The van der Waals surface area contributed by atoms with Gasteiger partial charge >= 0.3 is 0 Å². The Hall–Kier alpha value is -1.77. The number of fused-ring (bicyclic) bond motifs is 1. The predicted molar refractivity (Wildman–Crippen MR) is 135 cm³/mol. The van der Waals surface area contributed by atoms with Crippen LogP contribution in [0.25, 0.3) is 0 Å². The molecule has 0 aromatic heterocycles. The SMILES string of the molecule is CC.CCCC(CC1CC(=O)c2c(C)c(C)cc(C(C)C)c2C1)C(CC)C(=O)CC(C)=O. The summed E-state index contributed by atoms with van der Waals surface area (Å²) in [5, 5.41) is 0. The lowest BCUT2D eigenvalue weighted by atomic mass is 9.70. The Morgan fingerprint density at radius 1 is 1.09 bits per heavy atom. The number of hydrogen-bond acceptors (Lipinski definition) is 3. The molecule has 3 atom stereocenters. The highest BCUT2D eigenvalue weighted by Crippen LogP contribution is 2.39. The van der Waals surface area contributed by atoms with Crippen LogP contribution in [-0.2, 0) is 16.0 Å². The molecule has 1 aromatic rings. The Morgan fingerprint density at radius 2 is 1.72 bits per heavy atom. The maximum absolute atomic E-state index is 13.2. The first-order valence-electron chi connectivity index (χ1n) is 12.8. The molecule has 180 valence electrons. The van der Waals surface area contributed by atoms with Crippen molar-refractivity contribution in [1.29, 1.82) is 0 Å². The van der Waals surface area contributed by atoms with Gasteiger partial charge in [-0.25, -0.2) is 0 Å². The van der Waals surface area contributed by atoms with E-state index in [-0.39, 0.29) is 41.5 Å². The largest absolute Gasteiger partial charge is 0.300 e. The third-order valence-electron chi connectivity index (χ3n) is 7.00. The van der Waals surface area contributed by atoms with Crippen molar-refractivity contribution in [2.24, 2.45) is 17.8 Å². The van der Waals surface area contributed by atoms with E-state index in [1.165, 1.54) is 23.6 Å².